The molecular weight excluding hydrogens is 224 g/mol. The summed E-state index contributed by atoms with van der Waals surface area (Å²) in [6, 6.07) is 0.387. The highest BCUT2D eigenvalue weighted by molar-refractivity contribution is 7.19. The fourth-order valence-electron chi connectivity index (χ4n) is 2.15. The highest BCUT2D eigenvalue weighted by Gasteiger charge is 2.25. The minimum atomic E-state index is -0.319. The molecule has 1 aliphatic rings. The van der Waals surface area contributed by atoms with Crippen LogP contribution in [0.1, 0.15) is 25.7 Å². The Balaban J connectivity index is 2.16. The van der Waals surface area contributed by atoms with E-state index in [4.69, 9.17) is 11.5 Å². The fourth-order valence-corrected chi connectivity index (χ4v) is 2.90. The van der Waals surface area contributed by atoms with Crippen LogP contribution >= 0.6 is 11.3 Å². The molecule has 1 amide bonds. The smallest absolute Gasteiger partial charge is 0.237 e. The number of carbonyl (C=O) groups excluding carboxylic acids is 1. The van der Waals surface area contributed by atoms with Crippen LogP contribution in [0.2, 0.25) is 0 Å². The first-order valence-electron chi connectivity index (χ1n) is 5.43. The van der Waals surface area contributed by atoms with Crippen molar-refractivity contribution in [1.29, 1.82) is 0 Å². The van der Waals surface area contributed by atoms with E-state index in [1.165, 1.54) is 24.2 Å². The van der Waals surface area contributed by atoms with E-state index in [1.807, 2.05) is 4.90 Å². The molecule has 88 valence electrons. The minimum Gasteiger partial charge on any atom is -0.389 e. The number of primary amides is 1. The molecule has 16 heavy (non-hydrogen) atoms. The molecule has 1 aromatic heterocycles. The number of hydrogen-bond donors (Lipinski definition) is 2. The van der Waals surface area contributed by atoms with Crippen LogP contribution in [0.15, 0.2) is 6.20 Å². The minimum absolute atomic E-state index is 0.234. The van der Waals surface area contributed by atoms with Gasteiger partial charge in [-0.3, -0.25) is 4.79 Å². The van der Waals surface area contributed by atoms with Crippen molar-refractivity contribution in [3.8, 4) is 0 Å². The Bertz CT molecular complexity index is 373. The van der Waals surface area contributed by atoms with Gasteiger partial charge in [0.25, 0.3) is 0 Å². The van der Waals surface area contributed by atoms with Gasteiger partial charge in [0.15, 0.2) is 5.13 Å². The third-order valence-corrected chi connectivity index (χ3v) is 3.71. The molecule has 0 aromatic carbocycles. The average molecular weight is 240 g/mol. The molecule has 5 nitrogen and oxygen atoms in total. The van der Waals surface area contributed by atoms with Crippen molar-refractivity contribution in [2.75, 3.05) is 17.2 Å². The van der Waals surface area contributed by atoms with Gasteiger partial charge in [-0.2, -0.15) is 0 Å². The second-order valence-electron chi connectivity index (χ2n) is 4.08. The fraction of sp³-hybridized carbons (Fsp3) is 0.600. The zero-order valence-corrected chi connectivity index (χ0v) is 9.87. The molecule has 0 saturated heterocycles. The molecule has 1 aliphatic carbocycles. The van der Waals surface area contributed by atoms with E-state index in [9.17, 15) is 4.79 Å². The molecule has 0 spiro atoms. The molecule has 1 heterocycles. The summed E-state index contributed by atoms with van der Waals surface area (Å²) in [5.74, 6) is -0.319. The van der Waals surface area contributed by atoms with Gasteiger partial charge in [0.1, 0.15) is 5.00 Å². The van der Waals surface area contributed by atoms with E-state index in [0.29, 0.717) is 11.0 Å². The summed E-state index contributed by atoms with van der Waals surface area (Å²) in [5.41, 5.74) is 10.9. The highest BCUT2D eigenvalue weighted by Crippen LogP contribution is 2.31. The molecule has 0 unspecified atom stereocenters. The maximum absolute atomic E-state index is 11.1. The van der Waals surface area contributed by atoms with E-state index in [-0.39, 0.29) is 12.5 Å². The molecular formula is C10H16N4OS. The van der Waals surface area contributed by atoms with Crippen molar-refractivity contribution in [2.45, 2.75) is 31.7 Å². The molecule has 0 bridgehead atoms. The molecule has 4 N–H and O–H groups in total. The third kappa shape index (κ3) is 2.44. The normalized spacial score (nSPS) is 16.5. The van der Waals surface area contributed by atoms with Crippen molar-refractivity contribution in [3.05, 3.63) is 6.20 Å². The van der Waals surface area contributed by atoms with Crippen LogP contribution in [-0.2, 0) is 4.79 Å². The van der Waals surface area contributed by atoms with Crippen molar-refractivity contribution in [3.63, 3.8) is 0 Å². The van der Waals surface area contributed by atoms with Crippen LogP contribution in [0.4, 0.5) is 10.1 Å². The second kappa shape index (κ2) is 4.69. The number of anilines is 2. The Labute approximate surface area is 98.4 Å². The number of hydrogen-bond acceptors (Lipinski definition) is 5. The SMILES string of the molecule is NC(=O)CN(c1ncc(N)s1)C1CCCC1. The number of rotatable bonds is 4. The molecule has 1 aromatic rings. The van der Waals surface area contributed by atoms with Gasteiger partial charge in [0.05, 0.1) is 12.7 Å². The molecule has 1 fully saturated rings. The highest BCUT2D eigenvalue weighted by atomic mass is 32.1. The predicted octanol–water partition coefficient (Wildman–Crippen LogP) is 0.960. The van der Waals surface area contributed by atoms with Gasteiger partial charge < -0.3 is 16.4 Å². The number of nitrogens with zero attached hydrogens (tertiary/aromatic N) is 2. The van der Waals surface area contributed by atoms with Crippen LogP contribution in [0.3, 0.4) is 0 Å². The summed E-state index contributed by atoms with van der Waals surface area (Å²) in [4.78, 5) is 17.3. The third-order valence-electron chi connectivity index (χ3n) is 2.85. The number of carbonyl (C=O) groups is 1. The monoisotopic (exact) mass is 240 g/mol. The Hall–Kier alpha value is -1.30. The summed E-state index contributed by atoms with van der Waals surface area (Å²) in [6.07, 6.45) is 6.25. The number of nitrogen functional groups attached to an aromatic ring is 1. The lowest BCUT2D eigenvalue weighted by molar-refractivity contribution is -0.116. The number of nitrogens with two attached hydrogens (primary N) is 2. The number of amides is 1. The first kappa shape index (κ1) is 11.2. The zero-order valence-electron chi connectivity index (χ0n) is 9.06. The van der Waals surface area contributed by atoms with Crippen molar-refractivity contribution in [1.82, 2.24) is 4.98 Å². The first-order valence-corrected chi connectivity index (χ1v) is 6.24. The lowest BCUT2D eigenvalue weighted by Gasteiger charge is -2.26. The molecule has 0 radical (unpaired) electrons. The second-order valence-corrected chi connectivity index (χ2v) is 5.12. The topological polar surface area (TPSA) is 85.2 Å². The van der Waals surface area contributed by atoms with E-state index >= 15 is 0 Å². The van der Waals surface area contributed by atoms with Crippen LogP contribution < -0.4 is 16.4 Å². The summed E-state index contributed by atoms with van der Waals surface area (Å²) >= 11 is 1.41. The number of thiazole rings is 1. The molecule has 0 aliphatic heterocycles. The standard InChI is InChI=1S/C10H16N4OS/c11-8(15)6-14(7-3-1-2-4-7)10-13-5-9(12)16-10/h5,7H,1-4,6,12H2,(H2,11,15). The van der Waals surface area contributed by atoms with E-state index in [1.54, 1.807) is 6.20 Å². The lowest BCUT2D eigenvalue weighted by Crippen LogP contribution is -2.40. The van der Waals surface area contributed by atoms with Gasteiger partial charge in [-0.15, -0.1) is 0 Å². The Morgan fingerprint density at radius 3 is 2.75 bits per heavy atom. The lowest BCUT2D eigenvalue weighted by atomic mass is 10.2. The number of aromatic nitrogens is 1. The van der Waals surface area contributed by atoms with Crippen LogP contribution in [0, 0.1) is 0 Å². The molecule has 1 saturated carbocycles. The zero-order chi connectivity index (χ0) is 11.5. The maximum Gasteiger partial charge on any atom is 0.237 e. The Morgan fingerprint density at radius 1 is 1.56 bits per heavy atom. The van der Waals surface area contributed by atoms with E-state index in [2.05, 4.69) is 4.98 Å². The molecule has 2 rings (SSSR count). The van der Waals surface area contributed by atoms with E-state index < -0.39 is 0 Å². The van der Waals surface area contributed by atoms with Gasteiger partial charge in [-0.05, 0) is 12.8 Å². The first-order chi connectivity index (χ1) is 7.66. The Morgan fingerprint density at radius 2 is 2.25 bits per heavy atom. The van der Waals surface area contributed by atoms with Crippen molar-refractivity contribution < 1.29 is 4.79 Å². The largest absolute Gasteiger partial charge is 0.389 e. The summed E-state index contributed by atoms with van der Waals surface area (Å²) in [5, 5.41) is 1.48. The van der Waals surface area contributed by atoms with Crippen molar-refractivity contribution in [2.24, 2.45) is 5.73 Å². The van der Waals surface area contributed by atoms with Crippen LogP contribution in [0.5, 0.6) is 0 Å². The van der Waals surface area contributed by atoms with Gasteiger partial charge in [0, 0.05) is 6.04 Å². The summed E-state index contributed by atoms with van der Waals surface area (Å²) in [7, 11) is 0. The van der Waals surface area contributed by atoms with Crippen molar-refractivity contribution >= 4 is 27.4 Å². The molecule has 0 atom stereocenters. The van der Waals surface area contributed by atoms with Gasteiger partial charge in [-0.1, -0.05) is 24.2 Å². The summed E-state index contributed by atoms with van der Waals surface area (Å²) in [6.45, 7) is 0.234. The van der Waals surface area contributed by atoms with Crippen LogP contribution in [0.25, 0.3) is 0 Å². The average Bonchev–Trinajstić information content (AvgIpc) is 2.84. The van der Waals surface area contributed by atoms with Crippen LogP contribution in [-0.4, -0.2) is 23.5 Å². The quantitative estimate of drug-likeness (QED) is 0.821. The van der Waals surface area contributed by atoms with Gasteiger partial charge in [0.2, 0.25) is 5.91 Å². The summed E-state index contributed by atoms with van der Waals surface area (Å²) < 4.78 is 0. The predicted molar refractivity (Wildman–Crippen MR) is 65.3 cm³/mol. The maximum atomic E-state index is 11.1. The molecule has 6 heteroatoms. The Kier molecular flexibility index (Phi) is 3.28. The van der Waals surface area contributed by atoms with E-state index in [0.717, 1.165) is 18.0 Å². The van der Waals surface area contributed by atoms with Gasteiger partial charge >= 0.3 is 0 Å². The van der Waals surface area contributed by atoms with Gasteiger partial charge in [-0.25, -0.2) is 4.98 Å².